The molecular formula is C10H20AlNO. The first kappa shape index (κ1) is 11.1. The fraction of sp³-hybridized carbons (Fsp3) is 0.900. The molecule has 1 N–H and O–H groups in total. The second kappa shape index (κ2) is 5.67. The summed E-state index contributed by atoms with van der Waals surface area (Å²) in [6.07, 6.45) is 4.33. The third kappa shape index (κ3) is 3.33. The van der Waals surface area contributed by atoms with Crippen LogP contribution in [0.2, 0.25) is 10.6 Å². The van der Waals surface area contributed by atoms with Crippen molar-refractivity contribution in [2.24, 2.45) is 0 Å². The van der Waals surface area contributed by atoms with Crippen molar-refractivity contribution in [2.75, 3.05) is 0 Å². The second-order valence-corrected chi connectivity index (χ2v) is 7.95. The smallest absolute Gasteiger partial charge is 0.294 e. The van der Waals surface area contributed by atoms with E-state index in [0.717, 1.165) is 12.8 Å². The zero-order valence-corrected chi connectivity index (χ0v) is 9.96. The Labute approximate surface area is 85.5 Å². The minimum atomic E-state index is -0.673. The number of nitrogens with one attached hydrogen (secondary N) is 1. The van der Waals surface area contributed by atoms with E-state index in [1.165, 1.54) is 23.4 Å². The molecule has 13 heavy (non-hydrogen) atoms. The molecule has 0 aromatic rings. The number of carbonyl (C=O) groups is 1. The van der Waals surface area contributed by atoms with Crippen LogP contribution in [0, 0.1) is 0 Å². The van der Waals surface area contributed by atoms with Crippen LogP contribution in [0.4, 0.5) is 0 Å². The van der Waals surface area contributed by atoms with Crippen molar-refractivity contribution in [2.45, 2.75) is 55.0 Å². The van der Waals surface area contributed by atoms with E-state index in [1.807, 2.05) is 0 Å². The maximum absolute atomic E-state index is 11.3. The largest absolute Gasteiger partial charge is 0.367 e. The molecule has 0 aromatic heterocycles. The van der Waals surface area contributed by atoms with Crippen LogP contribution in [-0.4, -0.2) is 25.0 Å². The predicted molar refractivity (Wildman–Crippen MR) is 57.1 cm³/mol. The van der Waals surface area contributed by atoms with Crippen molar-refractivity contribution in [3.8, 4) is 0 Å². The summed E-state index contributed by atoms with van der Waals surface area (Å²) in [6, 6.07) is 0. The zero-order valence-electron chi connectivity index (χ0n) is 8.81. The van der Waals surface area contributed by atoms with E-state index < -0.39 is 14.1 Å². The van der Waals surface area contributed by atoms with Gasteiger partial charge in [0.05, 0.1) is 0 Å². The topological polar surface area (TPSA) is 29.1 Å². The summed E-state index contributed by atoms with van der Waals surface area (Å²) in [5, 5.41) is 5.85. The van der Waals surface area contributed by atoms with Gasteiger partial charge in [-0.15, -0.1) is 0 Å². The summed E-state index contributed by atoms with van der Waals surface area (Å²) in [4.78, 5) is 11.9. The van der Waals surface area contributed by atoms with Crippen molar-refractivity contribution < 1.29 is 4.79 Å². The fourth-order valence-electron chi connectivity index (χ4n) is 2.21. The normalized spacial score (nSPS) is 23.5. The number of amides is 1. The standard InChI is InChI=1S/C6H10NO.2C2H5.Al/c8-6-4-2-1-3-5-7-6;2*1-2;/h5H,1-4H2,(H,7,8);2*1H2,2H3;. The van der Waals surface area contributed by atoms with Crippen LogP contribution >= 0.6 is 0 Å². The van der Waals surface area contributed by atoms with Gasteiger partial charge in [-0.25, -0.2) is 0 Å². The highest BCUT2D eigenvalue weighted by Gasteiger charge is 2.27. The van der Waals surface area contributed by atoms with Gasteiger partial charge in [0.1, 0.15) is 0 Å². The van der Waals surface area contributed by atoms with Gasteiger partial charge in [-0.3, -0.25) is 4.79 Å². The number of hydrogen-bond donors (Lipinski definition) is 1. The Morgan fingerprint density at radius 3 is 2.69 bits per heavy atom. The minimum Gasteiger partial charge on any atom is -0.367 e. The molecule has 74 valence electrons. The first-order chi connectivity index (χ1) is 6.27. The Morgan fingerprint density at radius 1 is 1.38 bits per heavy atom. The van der Waals surface area contributed by atoms with Crippen LogP contribution in [0.5, 0.6) is 0 Å². The molecule has 0 bridgehead atoms. The zero-order chi connectivity index (χ0) is 9.68. The van der Waals surface area contributed by atoms with Gasteiger partial charge in [0, 0.05) is 6.42 Å². The SMILES string of the molecule is C[CH2][Al]([CH2]C)[CH]1CCCCC(=O)N1. The molecule has 1 rings (SSSR count). The summed E-state index contributed by atoms with van der Waals surface area (Å²) >= 11 is -0.673. The number of rotatable bonds is 3. The van der Waals surface area contributed by atoms with E-state index in [9.17, 15) is 4.79 Å². The molecule has 0 radical (unpaired) electrons. The van der Waals surface area contributed by atoms with E-state index in [2.05, 4.69) is 19.2 Å². The lowest BCUT2D eigenvalue weighted by atomic mass is 10.2. The van der Waals surface area contributed by atoms with Crippen LogP contribution in [0.3, 0.4) is 0 Å². The van der Waals surface area contributed by atoms with Gasteiger partial charge in [0.2, 0.25) is 5.91 Å². The number of carbonyl (C=O) groups excluding carboxylic acids is 1. The lowest BCUT2D eigenvalue weighted by Crippen LogP contribution is -2.44. The maximum atomic E-state index is 11.3. The molecule has 1 heterocycles. The second-order valence-electron chi connectivity index (χ2n) is 4.00. The molecule has 1 atom stereocenters. The number of hydrogen-bond acceptors (Lipinski definition) is 1. The Morgan fingerprint density at radius 2 is 2.08 bits per heavy atom. The molecule has 1 aliphatic rings. The average Bonchev–Trinajstić information content (AvgIpc) is 2.32. The highest BCUT2D eigenvalue weighted by Crippen LogP contribution is 2.15. The minimum absolute atomic E-state index is 0.293. The molecular weight excluding hydrogens is 177 g/mol. The monoisotopic (exact) mass is 197 g/mol. The third-order valence-corrected chi connectivity index (χ3v) is 6.87. The maximum Gasteiger partial charge on any atom is 0.294 e. The molecule has 0 aliphatic carbocycles. The molecule has 1 amide bonds. The van der Waals surface area contributed by atoms with Gasteiger partial charge >= 0.3 is 0 Å². The summed E-state index contributed by atoms with van der Waals surface area (Å²) in [7, 11) is 0. The third-order valence-electron chi connectivity index (χ3n) is 3.13. The highest BCUT2D eigenvalue weighted by molar-refractivity contribution is 6.60. The molecule has 3 heteroatoms. The predicted octanol–water partition coefficient (Wildman–Crippen LogP) is 2.12. The van der Waals surface area contributed by atoms with Gasteiger partial charge < -0.3 is 5.32 Å². The van der Waals surface area contributed by atoms with Crippen molar-refractivity contribution in [3.63, 3.8) is 0 Å². The Kier molecular flexibility index (Phi) is 4.84. The van der Waals surface area contributed by atoms with Crippen molar-refractivity contribution >= 4 is 20.1 Å². The van der Waals surface area contributed by atoms with Crippen LogP contribution in [0.15, 0.2) is 0 Å². The molecule has 2 nitrogen and oxygen atoms in total. The molecule has 1 unspecified atom stereocenters. The van der Waals surface area contributed by atoms with Crippen molar-refractivity contribution in [3.05, 3.63) is 0 Å². The van der Waals surface area contributed by atoms with E-state index in [1.54, 1.807) is 0 Å². The molecule has 1 fully saturated rings. The molecule has 0 spiro atoms. The lowest BCUT2D eigenvalue weighted by molar-refractivity contribution is -0.121. The van der Waals surface area contributed by atoms with Crippen LogP contribution in [-0.2, 0) is 4.79 Å². The molecule has 1 aliphatic heterocycles. The van der Waals surface area contributed by atoms with E-state index in [0.29, 0.717) is 10.8 Å². The van der Waals surface area contributed by atoms with E-state index in [-0.39, 0.29) is 0 Å². The van der Waals surface area contributed by atoms with Gasteiger partial charge in [-0.2, -0.15) is 0 Å². The van der Waals surface area contributed by atoms with Crippen LogP contribution in [0.1, 0.15) is 39.5 Å². The highest BCUT2D eigenvalue weighted by atomic mass is 27.2. The quantitative estimate of drug-likeness (QED) is 0.690. The summed E-state index contributed by atoms with van der Waals surface area (Å²) in [5.41, 5.74) is 0. The Balaban J connectivity index is 2.50. The first-order valence-corrected chi connectivity index (χ1v) is 7.87. The average molecular weight is 197 g/mol. The van der Waals surface area contributed by atoms with Crippen LogP contribution in [0.25, 0.3) is 0 Å². The van der Waals surface area contributed by atoms with Gasteiger partial charge in [-0.1, -0.05) is 30.8 Å². The van der Waals surface area contributed by atoms with Crippen molar-refractivity contribution in [1.29, 1.82) is 0 Å². The van der Waals surface area contributed by atoms with E-state index in [4.69, 9.17) is 0 Å². The van der Waals surface area contributed by atoms with E-state index >= 15 is 0 Å². The van der Waals surface area contributed by atoms with Gasteiger partial charge in [0.15, 0.2) is 0 Å². The fourth-order valence-corrected chi connectivity index (χ4v) is 5.06. The molecule has 0 aromatic carbocycles. The molecule has 0 saturated carbocycles. The summed E-state index contributed by atoms with van der Waals surface area (Å²) < 4.78 is 0. The lowest BCUT2D eigenvalue weighted by Gasteiger charge is -2.20. The van der Waals surface area contributed by atoms with Crippen LogP contribution < -0.4 is 5.32 Å². The Hall–Kier alpha value is 0.00247. The van der Waals surface area contributed by atoms with Crippen molar-refractivity contribution in [1.82, 2.24) is 5.32 Å². The van der Waals surface area contributed by atoms with Gasteiger partial charge in [0.25, 0.3) is 14.1 Å². The first-order valence-electron chi connectivity index (χ1n) is 5.57. The summed E-state index contributed by atoms with van der Waals surface area (Å²) in [5.74, 6) is 0.293. The Bertz CT molecular complexity index is 168. The summed E-state index contributed by atoms with van der Waals surface area (Å²) in [6.45, 7) is 4.55. The molecule has 1 saturated heterocycles. The van der Waals surface area contributed by atoms with Gasteiger partial charge in [-0.05, 0) is 17.7 Å².